The maximum absolute atomic E-state index is 5.65. The molecule has 0 fully saturated rings. The van der Waals surface area contributed by atoms with Gasteiger partial charge in [0.25, 0.3) is 0 Å². The average Bonchev–Trinajstić information content (AvgIpc) is 2.25. The van der Waals surface area contributed by atoms with Gasteiger partial charge in [0, 0.05) is 18.1 Å². The molecule has 2 rings (SSSR count). The highest BCUT2D eigenvalue weighted by molar-refractivity contribution is 5.47. The number of anilines is 1. The maximum Gasteiger partial charge on any atom is 0.321 e. The fraction of sp³-hybridized carbons (Fsp3) is 0.167. The summed E-state index contributed by atoms with van der Waals surface area (Å²) >= 11 is 0. The fourth-order valence-corrected chi connectivity index (χ4v) is 1.32. The van der Waals surface area contributed by atoms with Crippen molar-refractivity contribution >= 4 is 5.69 Å². The van der Waals surface area contributed by atoms with E-state index < -0.39 is 0 Å². The minimum absolute atomic E-state index is 0.346. The molecule has 1 aromatic carbocycles. The van der Waals surface area contributed by atoms with Crippen molar-refractivity contribution in [3.63, 3.8) is 0 Å². The van der Waals surface area contributed by atoms with Crippen LogP contribution in [-0.4, -0.2) is 9.97 Å². The molecule has 0 spiro atoms. The third-order valence-corrected chi connectivity index (χ3v) is 2.16. The molecule has 82 valence electrons. The summed E-state index contributed by atoms with van der Waals surface area (Å²) in [5.74, 6) is 0.720. The summed E-state index contributed by atoms with van der Waals surface area (Å²) in [4.78, 5) is 8.15. The van der Waals surface area contributed by atoms with Crippen molar-refractivity contribution in [2.24, 2.45) is 0 Å². The third-order valence-electron chi connectivity index (χ3n) is 2.16. The lowest BCUT2D eigenvalue weighted by Gasteiger charge is -2.07. The van der Waals surface area contributed by atoms with Gasteiger partial charge in [0.15, 0.2) is 0 Å². The molecule has 1 heterocycles. The molecule has 2 aromatic rings. The van der Waals surface area contributed by atoms with Gasteiger partial charge in [0.1, 0.15) is 5.75 Å². The van der Waals surface area contributed by atoms with Gasteiger partial charge in [-0.3, -0.25) is 0 Å². The Morgan fingerprint density at radius 1 is 1.12 bits per heavy atom. The van der Waals surface area contributed by atoms with E-state index in [4.69, 9.17) is 10.5 Å². The largest absolute Gasteiger partial charge is 0.424 e. The van der Waals surface area contributed by atoms with Gasteiger partial charge in [-0.1, -0.05) is 0 Å². The molecular formula is C12H13N3O. The van der Waals surface area contributed by atoms with Gasteiger partial charge in [-0.25, -0.2) is 9.97 Å². The molecule has 0 aliphatic heterocycles. The molecule has 4 heteroatoms. The van der Waals surface area contributed by atoms with Gasteiger partial charge in [-0.15, -0.1) is 0 Å². The molecule has 0 saturated carbocycles. The lowest BCUT2D eigenvalue weighted by atomic mass is 10.2. The zero-order valence-electron chi connectivity index (χ0n) is 9.27. The Hall–Kier alpha value is -2.10. The second kappa shape index (κ2) is 4.18. The molecule has 0 bridgehead atoms. The van der Waals surface area contributed by atoms with Crippen LogP contribution in [-0.2, 0) is 0 Å². The molecule has 0 unspecified atom stereocenters. The number of nitrogen functional groups attached to an aromatic ring is 1. The molecule has 16 heavy (non-hydrogen) atoms. The first kappa shape index (κ1) is 10.4. The van der Waals surface area contributed by atoms with E-state index in [1.165, 1.54) is 0 Å². The lowest BCUT2D eigenvalue weighted by Crippen LogP contribution is -1.94. The van der Waals surface area contributed by atoms with Crippen LogP contribution in [0.2, 0.25) is 0 Å². The lowest BCUT2D eigenvalue weighted by molar-refractivity contribution is 0.438. The summed E-state index contributed by atoms with van der Waals surface area (Å²) in [6.45, 7) is 3.86. The van der Waals surface area contributed by atoms with Crippen LogP contribution in [0.15, 0.2) is 30.6 Å². The smallest absolute Gasteiger partial charge is 0.321 e. The fourth-order valence-electron chi connectivity index (χ4n) is 1.32. The van der Waals surface area contributed by atoms with Gasteiger partial charge in [0.2, 0.25) is 0 Å². The Morgan fingerprint density at radius 2 is 1.81 bits per heavy atom. The molecule has 1 aromatic heterocycles. The number of benzene rings is 1. The molecule has 0 saturated heterocycles. The molecule has 0 radical (unpaired) electrons. The summed E-state index contributed by atoms with van der Waals surface area (Å²) in [6.07, 6.45) is 3.43. The van der Waals surface area contributed by atoms with Crippen molar-refractivity contribution in [1.82, 2.24) is 9.97 Å². The zero-order valence-corrected chi connectivity index (χ0v) is 9.27. The van der Waals surface area contributed by atoms with Crippen molar-refractivity contribution in [3.05, 3.63) is 41.7 Å². The summed E-state index contributed by atoms with van der Waals surface area (Å²) in [6, 6.07) is 5.80. The second-order valence-corrected chi connectivity index (χ2v) is 3.67. The molecule has 0 aliphatic carbocycles. The summed E-state index contributed by atoms with van der Waals surface area (Å²) in [7, 11) is 0. The van der Waals surface area contributed by atoms with Crippen molar-refractivity contribution in [1.29, 1.82) is 0 Å². The third kappa shape index (κ3) is 2.28. The van der Waals surface area contributed by atoms with E-state index in [1.807, 2.05) is 26.0 Å². The van der Waals surface area contributed by atoms with Crippen LogP contribution in [0.1, 0.15) is 11.1 Å². The van der Waals surface area contributed by atoms with E-state index in [9.17, 15) is 0 Å². The van der Waals surface area contributed by atoms with Crippen LogP contribution in [0.3, 0.4) is 0 Å². The van der Waals surface area contributed by atoms with E-state index in [0.717, 1.165) is 22.6 Å². The predicted octanol–water partition coefficient (Wildman–Crippen LogP) is 2.47. The van der Waals surface area contributed by atoms with E-state index in [2.05, 4.69) is 9.97 Å². The number of aromatic nitrogens is 2. The molecule has 0 atom stereocenters. The van der Waals surface area contributed by atoms with Crippen LogP contribution in [0.4, 0.5) is 5.69 Å². The molecule has 2 N–H and O–H groups in total. The number of hydrogen-bond acceptors (Lipinski definition) is 4. The highest BCUT2D eigenvalue weighted by Crippen LogP contribution is 2.23. The van der Waals surface area contributed by atoms with Crippen LogP contribution in [0, 0.1) is 13.8 Å². The quantitative estimate of drug-likeness (QED) is 0.782. The van der Waals surface area contributed by atoms with Crippen molar-refractivity contribution < 1.29 is 4.74 Å². The minimum Gasteiger partial charge on any atom is -0.424 e. The van der Waals surface area contributed by atoms with Crippen molar-refractivity contribution in [2.75, 3.05) is 5.73 Å². The Labute approximate surface area is 94.1 Å². The van der Waals surface area contributed by atoms with E-state index in [1.54, 1.807) is 18.5 Å². The van der Waals surface area contributed by atoms with E-state index in [0.29, 0.717) is 6.01 Å². The van der Waals surface area contributed by atoms with Crippen molar-refractivity contribution in [3.8, 4) is 11.8 Å². The monoisotopic (exact) mass is 215 g/mol. The van der Waals surface area contributed by atoms with Gasteiger partial charge in [-0.2, -0.15) is 0 Å². The predicted molar refractivity (Wildman–Crippen MR) is 62.4 cm³/mol. The maximum atomic E-state index is 5.65. The number of aryl methyl sites for hydroxylation is 2. The first-order valence-electron chi connectivity index (χ1n) is 4.98. The number of ether oxygens (including phenoxy) is 1. The van der Waals surface area contributed by atoms with Gasteiger partial charge >= 0.3 is 6.01 Å². The number of nitrogens with zero attached hydrogens (tertiary/aromatic N) is 2. The van der Waals surface area contributed by atoms with Crippen LogP contribution in [0.25, 0.3) is 0 Å². The molecule has 0 aliphatic rings. The second-order valence-electron chi connectivity index (χ2n) is 3.67. The minimum atomic E-state index is 0.346. The number of rotatable bonds is 2. The van der Waals surface area contributed by atoms with Gasteiger partial charge in [-0.05, 0) is 43.2 Å². The SMILES string of the molecule is Cc1cnc(Oc2ccc(N)cc2C)nc1. The Bertz CT molecular complexity index is 494. The molecule has 0 amide bonds. The summed E-state index contributed by atoms with van der Waals surface area (Å²) < 4.78 is 5.54. The molecular weight excluding hydrogens is 202 g/mol. The first-order chi connectivity index (χ1) is 7.65. The highest BCUT2D eigenvalue weighted by Gasteiger charge is 2.03. The van der Waals surface area contributed by atoms with Crippen LogP contribution < -0.4 is 10.5 Å². The Kier molecular flexibility index (Phi) is 2.72. The van der Waals surface area contributed by atoms with E-state index >= 15 is 0 Å². The van der Waals surface area contributed by atoms with Crippen LogP contribution in [0.5, 0.6) is 11.8 Å². The normalized spacial score (nSPS) is 10.1. The first-order valence-corrected chi connectivity index (χ1v) is 4.98. The van der Waals surface area contributed by atoms with E-state index in [-0.39, 0.29) is 0 Å². The summed E-state index contributed by atoms with van der Waals surface area (Å²) in [5, 5.41) is 0. The van der Waals surface area contributed by atoms with Gasteiger partial charge < -0.3 is 10.5 Å². The van der Waals surface area contributed by atoms with Crippen molar-refractivity contribution in [2.45, 2.75) is 13.8 Å². The number of nitrogens with two attached hydrogens (primary N) is 1. The topological polar surface area (TPSA) is 61.0 Å². The zero-order chi connectivity index (χ0) is 11.5. The highest BCUT2D eigenvalue weighted by atomic mass is 16.5. The molecule has 4 nitrogen and oxygen atoms in total. The van der Waals surface area contributed by atoms with Gasteiger partial charge in [0.05, 0.1) is 0 Å². The van der Waals surface area contributed by atoms with Crippen LogP contribution >= 0.6 is 0 Å². The Morgan fingerprint density at radius 3 is 2.44 bits per heavy atom. The average molecular weight is 215 g/mol. The summed E-state index contributed by atoms with van der Waals surface area (Å²) in [5.41, 5.74) is 8.33. The number of hydrogen-bond donors (Lipinski definition) is 1. The Balaban J connectivity index is 2.23. The standard InChI is InChI=1S/C12H13N3O/c1-8-6-14-12(15-7-8)16-11-4-3-10(13)5-9(11)2/h3-7H,13H2,1-2H3.